The van der Waals surface area contributed by atoms with E-state index in [4.69, 9.17) is 5.11 Å². The molecule has 0 aliphatic carbocycles. The van der Waals surface area contributed by atoms with E-state index in [9.17, 15) is 15.0 Å². The number of hydrogen-bond acceptors (Lipinski definition) is 6. The van der Waals surface area contributed by atoms with Gasteiger partial charge in [0.2, 0.25) is 5.82 Å². The molecule has 0 radical (unpaired) electrons. The first kappa shape index (κ1) is 13.5. The number of carboxylic acid groups (broad SMARTS) is 1. The Hall–Kier alpha value is -1.57. The molecular weight excluding hydrogens is 226 g/mol. The molecule has 4 N–H and O–H groups in total. The molecule has 0 aliphatic heterocycles. The number of nitrogens with one attached hydrogen (secondary N) is 1. The molecule has 0 fully saturated rings. The van der Waals surface area contributed by atoms with Crippen molar-refractivity contribution in [1.29, 1.82) is 0 Å². The zero-order chi connectivity index (χ0) is 12.8. The van der Waals surface area contributed by atoms with Crippen LogP contribution in [0, 0.1) is 0 Å². The van der Waals surface area contributed by atoms with Crippen LogP contribution in [0.15, 0.2) is 12.4 Å². The number of aromatic carboxylic acids is 1. The molecule has 1 rings (SSSR count). The van der Waals surface area contributed by atoms with Crippen molar-refractivity contribution < 1.29 is 20.1 Å². The minimum absolute atomic E-state index is 0.290. The highest BCUT2D eigenvalue weighted by Crippen LogP contribution is 2.16. The summed E-state index contributed by atoms with van der Waals surface area (Å²) in [7, 11) is 1.74. The summed E-state index contributed by atoms with van der Waals surface area (Å²) in [6.45, 7) is 0.562. The number of carbonyl (C=O) groups is 1. The van der Waals surface area contributed by atoms with Crippen molar-refractivity contribution in [2.45, 2.75) is 18.6 Å². The molecule has 7 heteroatoms. The molecule has 0 amide bonds. The lowest BCUT2D eigenvalue weighted by Crippen LogP contribution is -2.23. The van der Waals surface area contributed by atoms with E-state index in [1.54, 1.807) is 7.05 Å². The molecule has 1 aromatic heterocycles. The minimum Gasteiger partial charge on any atom is -0.475 e. The zero-order valence-corrected chi connectivity index (χ0v) is 9.37. The Labute approximate surface area is 98.2 Å². The summed E-state index contributed by atoms with van der Waals surface area (Å²) in [5, 5.41) is 30.8. The fourth-order valence-corrected chi connectivity index (χ4v) is 1.27. The van der Waals surface area contributed by atoms with Gasteiger partial charge in [0.05, 0.1) is 6.10 Å². The van der Waals surface area contributed by atoms with Crippen molar-refractivity contribution in [3.63, 3.8) is 0 Å². The fourth-order valence-electron chi connectivity index (χ4n) is 1.27. The maximum Gasteiger partial charge on any atom is 0.373 e. The van der Waals surface area contributed by atoms with E-state index in [1.807, 2.05) is 0 Å². The average molecular weight is 241 g/mol. The fraction of sp³-hybridized carbons (Fsp3) is 0.500. The lowest BCUT2D eigenvalue weighted by atomic mass is 10.1. The molecule has 7 nitrogen and oxygen atoms in total. The minimum atomic E-state index is -1.23. The molecule has 0 saturated carbocycles. The highest BCUT2D eigenvalue weighted by Gasteiger charge is 2.19. The monoisotopic (exact) mass is 241 g/mol. The predicted molar refractivity (Wildman–Crippen MR) is 58.5 cm³/mol. The van der Waals surface area contributed by atoms with Crippen LogP contribution in [0.25, 0.3) is 0 Å². The summed E-state index contributed by atoms with van der Waals surface area (Å²) in [6, 6.07) is 0. The molecule has 17 heavy (non-hydrogen) atoms. The largest absolute Gasteiger partial charge is 0.475 e. The lowest BCUT2D eigenvalue weighted by molar-refractivity contribution is 0.0136. The number of hydrogen-bond donors (Lipinski definition) is 4. The first-order valence-corrected chi connectivity index (χ1v) is 5.12. The number of aliphatic hydroxyl groups excluding tert-OH is 2. The van der Waals surface area contributed by atoms with Gasteiger partial charge < -0.3 is 20.6 Å². The summed E-state index contributed by atoms with van der Waals surface area (Å²) < 4.78 is 0. The molecule has 1 heterocycles. The predicted octanol–water partition coefficient (Wildman–Crippen LogP) is -0.821. The van der Waals surface area contributed by atoms with Gasteiger partial charge in [-0.15, -0.1) is 0 Å². The quantitative estimate of drug-likeness (QED) is 0.514. The number of rotatable bonds is 6. The normalized spacial score (nSPS) is 14.3. The van der Waals surface area contributed by atoms with Crippen molar-refractivity contribution in [3.05, 3.63) is 23.8 Å². The number of aliphatic hydroxyl groups is 2. The van der Waals surface area contributed by atoms with Crippen LogP contribution in [-0.2, 0) is 0 Å². The van der Waals surface area contributed by atoms with E-state index in [0.29, 0.717) is 18.5 Å². The maximum atomic E-state index is 10.5. The number of nitrogens with zero attached hydrogens (tertiary/aromatic N) is 2. The third-order valence-corrected chi connectivity index (χ3v) is 2.26. The number of carboxylic acids is 1. The molecule has 0 saturated heterocycles. The second kappa shape index (κ2) is 6.24. The van der Waals surface area contributed by atoms with E-state index in [-0.39, 0.29) is 5.82 Å². The first-order chi connectivity index (χ1) is 8.06. The summed E-state index contributed by atoms with van der Waals surface area (Å²) in [6.07, 6.45) is 0.708. The van der Waals surface area contributed by atoms with Gasteiger partial charge in [-0.05, 0) is 20.0 Å². The Morgan fingerprint density at radius 1 is 1.41 bits per heavy atom. The Morgan fingerprint density at radius 3 is 2.47 bits per heavy atom. The van der Waals surface area contributed by atoms with Crippen LogP contribution < -0.4 is 5.32 Å². The molecule has 0 bridgehead atoms. The van der Waals surface area contributed by atoms with E-state index in [0.717, 1.165) is 0 Å². The van der Waals surface area contributed by atoms with Crippen LogP contribution in [0.3, 0.4) is 0 Å². The van der Waals surface area contributed by atoms with Crippen LogP contribution >= 0.6 is 0 Å². The van der Waals surface area contributed by atoms with Gasteiger partial charge in [0, 0.05) is 18.0 Å². The van der Waals surface area contributed by atoms with Crippen LogP contribution in [0.1, 0.15) is 28.7 Å². The summed E-state index contributed by atoms with van der Waals surface area (Å²) in [5.74, 6) is -1.58. The smallest absolute Gasteiger partial charge is 0.373 e. The Kier molecular flexibility index (Phi) is 4.95. The number of aromatic nitrogens is 2. The first-order valence-electron chi connectivity index (χ1n) is 5.12. The lowest BCUT2D eigenvalue weighted by Gasteiger charge is -2.17. The second-order valence-electron chi connectivity index (χ2n) is 3.55. The van der Waals surface area contributed by atoms with Crippen molar-refractivity contribution in [2.75, 3.05) is 13.6 Å². The van der Waals surface area contributed by atoms with E-state index in [2.05, 4.69) is 15.3 Å². The second-order valence-corrected chi connectivity index (χ2v) is 3.55. The van der Waals surface area contributed by atoms with E-state index < -0.39 is 18.2 Å². The molecule has 94 valence electrons. The van der Waals surface area contributed by atoms with Gasteiger partial charge in [-0.1, -0.05) is 0 Å². The Morgan fingerprint density at radius 2 is 2.00 bits per heavy atom. The molecule has 2 atom stereocenters. The molecular formula is C10H15N3O4. The van der Waals surface area contributed by atoms with Gasteiger partial charge in [0.1, 0.15) is 6.10 Å². The van der Waals surface area contributed by atoms with Gasteiger partial charge in [0.25, 0.3) is 0 Å². The average Bonchev–Trinajstić information content (AvgIpc) is 2.35. The van der Waals surface area contributed by atoms with Crippen molar-refractivity contribution in [3.8, 4) is 0 Å². The SMILES string of the molecule is CNCCC(O)C(O)c1cnc(C(=O)O)nc1. The standard InChI is InChI=1S/C10H15N3O4/c1-11-3-2-7(14)8(15)6-4-12-9(10(16)17)13-5-6/h4-5,7-8,11,14-15H,2-3H2,1H3,(H,16,17). The van der Waals surface area contributed by atoms with E-state index >= 15 is 0 Å². The van der Waals surface area contributed by atoms with Crippen molar-refractivity contribution in [1.82, 2.24) is 15.3 Å². The van der Waals surface area contributed by atoms with Gasteiger partial charge in [-0.25, -0.2) is 14.8 Å². The Balaban J connectivity index is 2.68. The van der Waals surface area contributed by atoms with Crippen LogP contribution in [-0.4, -0.2) is 51.0 Å². The van der Waals surface area contributed by atoms with Gasteiger partial charge >= 0.3 is 5.97 Å². The van der Waals surface area contributed by atoms with Crippen LogP contribution in [0.5, 0.6) is 0 Å². The summed E-state index contributed by atoms with van der Waals surface area (Å²) >= 11 is 0. The summed E-state index contributed by atoms with van der Waals surface area (Å²) in [5.41, 5.74) is 0.290. The summed E-state index contributed by atoms with van der Waals surface area (Å²) in [4.78, 5) is 17.6. The third-order valence-electron chi connectivity index (χ3n) is 2.26. The third kappa shape index (κ3) is 3.74. The van der Waals surface area contributed by atoms with Crippen LogP contribution in [0.4, 0.5) is 0 Å². The maximum absolute atomic E-state index is 10.5. The van der Waals surface area contributed by atoms with E-state index in [1.165, 1.54) is 12.4 Å². The highest BCUT2D eigenvalue weighted by molar-refractivity contribution is 5.82. The molecule has 2 unspecified atom stereocenters. The Bertz CT molecular complexity index is 368. The topological polar surface area (TPSA) is 116 Å². The molecule has 0 aliphatic rings. The zero-order valence-electron chi connectivity index (χ0n) is 9.37. The van der Waals surface area contributed by atoms with Gasteiger partial charge in [0.15, 0.2) is 0 Å². The van der Waals surface area contributed by atoms with Crippen molar-refractivity contribution >= 4 is 5.97 Å². The van der Waals surface area contributed by atoms with Gasteiger partial charge in [-0.2, -0.15) is 0 Å². The molecule has 1 aromatic rings. The van der Waals surface area contributed by atoms with Crippen molar-refractivity contribution in [2.24, 2.45) is 0 Å². The molecule has 0 spiro atoms. The van der Waals surface area contributed by atoms with Crippen LogP contribution in [0.2, 0.25) is 0 Å². The molecule has 0 aromatic carbocycles. The highest BCUT2D eigenvalue weighted by atomic mass is 16.4. The van der Waals surface area contributed by atoms with Gasteiger partial charge in [-0.3, -0.25) is 0 Å².